The molecule has 8 heteroatoms. The first-order valence-corrected chi connectivity index (χ1v) is 12.3. The van der Waals surface area contributed by atoms with Crippen molar-refractivity contribution < 1.29 is 9.53 Å². The predicted octanol–water partition coefficient (Wildman–Crippen LogP) is 4.29. The van der Waals surface area contributed by atoms with Crippen molar-refractivity contribution in [1.29, 1.82) is 0 Å². The molecular weight excluding hydrogens is 452 g/mol. The molecule has 0 atom stereocenters. The number of piperidine rings is 1. The van der Waals surface area contributed by atoms with Crippen LogP contribution in [0.2, 0.25) is 0 Å². The van der Waals surface area contributed by atoms with Gasteiger partial charge < -0.3 is 25.6 Å². The van der Waals surface area contributed by atoms with E-state index in [9.17, 15) is 4.79 Å². The summed E-state index contributed by atoms with van der Waals surface area (Å²) in [6, 6.07) is 17.4. The highest BCUT2D eigenvalue weighted by Crippen LogP contribution is 2.33. The number of para-hydroxylation sites is 1. The van der Waals surface area contributed by atoms with Gasteiger partial charge in [0.15, 0.2) is 0 Å². The lowest BCUT2D eigenvalue weighted by Gasteiger charge is -2.31. The highest BCUT2D eigenvalue weighted by molar-refractivity contribution is 5.87. The molecule has 3 aromatic rings. The molecule has 4 rings (SSSR count). The van der Waals surface area contributed by atoms with Gasteiger partial charge in [-0.25, -0.2) is 9.97 Å². The number of likely N-dealkylation sites (N-methyl/N-ethyl adjacent to an activating group) is 1. The van der Waals surface area contributed by atoms with Crippen molar-refractivity contribution in [3.05, 3.63) is 73.1 Å². The number of carbonyl (C=O) groups excluding carboxylic acids is 1. The topological polar surface area (TPSA) is 96.6 Å². The zero-order chi connectivity index (χ0) is 25.3. The lowest BCUT2D eigenvalue weighted by molar-refractivity contribution is -0.127. The first-order valence-electron chi connectivity index (χ1n) is 12.3. The first-order chi connectivity index (χ1) is 17.5. The van der Waals surface area contributed by atoms with Crippen LogP contribution >= 0.6 is 0 Å². The molecule has 36 heavy (non-hydrogen) atoms. The summed E-state index contributed by atoms with van der Waals surface area (Å²) in [4.78, 5) is 25.0. The number of amides is 1. The van der Waals surface area contributed by atoms with Gasteiger partial charge in [0.05, 0.1) is 5.56 Å². The summed E-state index contributed by atoms with van der Waals surface area (Å²) in [5.41, 5.74) is 7.96. The fourth-order valence-electron chi connectivity index (χ4n) is 4.20. The molecule has 0 unspecified atom stereocenters. The minimum atomic E-state index is 0.0915. The van der Waals surface area contributed by atoms with Gasteiger partial charge in [0.1, 0.15) is 29.5 Å². The van der Waals surface area contributed by atoms with Gasteiger partial charge >= 0.3 is 0 Å². The van der Waals surface area contributed by atoms with Gasteiger partial charge in [0.25, 0.3) is 0 Å². The molecule has 0 radical (unpaired) electrons. The quantitative estimate of drug-likeness (QED) is 0.436. The Labute approximate surface area is 212 Å². The second kappa shape index (κ2) is 12.2. The summed E-state index contributed by atoms with van der Waals surface area (Å²) >= 11 is 0. The van der Waals surface area contributed by atoms with E-state index in [1.807, 2.05) is 84.6 Å². The summed E-state index contributed by atoms with van der Waals surface area (Å²) < 4.78 is 5.90. The van der Waals surface area contributed by atoms with Crippen LogP contribution in [-0.4, -0.2) is 65.9 Å². The first kappa shape index (κ1) is 25.2. The standard InChI is InChI=1S/C28H34N6O2/c1-33(2)16-6-9-25(35)34-17-14-21(15-18-34)19-30-28-26(27(29)31-20-32-28)22-10-12-24(13-11-22)36-23-7-4-3-5-8-23/h3-13,20-21H,14-19H2,1-2H3,(H3,29,30,31,32). The number of aromatic nitrogens is 2. The van der Waals surface area contributed by atoms with E-state index in [1.165, 1.54) is 6.33 Å². The Bertz CT molecular complexity index is 1160. The number of nitrogens with zero attached hydrogens (tertiary/aromatic N) is 4. The van der Waals surface area contributed by atoms with Crippen molar-refractivity contribution in [3.63, 3.8) is 0 Å². The number of nitrogen functional groups attached to an aromatic ring is 1. The number of nitrogens with one attached hydrogen (secondary N) is 1. The van der Waals surface area contributed by atoms with Crippen LogP contribution in [0.1, 0.15) is 12.8 Å². The maximum atomic E-state index is 12.4. The molecular formula is C28H34N6O2. The van der Waals surface area contributed by atoms with Gasteiger partial charge in [-0.1, -0.05) is 36.4 Å². The Balaban J connectivity index is 1.35. The Morgan fingerprint density at radius 1 is 1.08 bits per heavy atom. The van der Waals surface area contributed by atoms with Crippen LogP contribution in [-0.2, 0) is 4.79 Å². The molecule has 3 N–H and O–H groups in total. The number of anilines is 2. The summed E-state index contributed by atoms with van der Waals surface area (Å²) in [5, 5.41) is 3.48. The Morgan fingerprint density at radius 2 is 1.78 bits per heavy atom. The second-order valence-corrected chi connectivity index (χ2v) is 9.24. The highest BCUT2D eigenvalue weighted by Gasteiger charge is 2.22. The van der Waals surface area contributed by atoms with Crippen LogP contribution in [0, 0.1) is 5.92 Å². The molecule has 1 amide bonds. The van der Waals surface area contributed by atoms with Crippen LogP contribution in [0.15, 0.2) is 73.1 Å². The average Bonchev–Trinajstić information content (AvgIpc) is 2.89. The maximum absolute atomic E-state index is 12.4. The Morgan fingerprint density at radius 3 is 2.47 bits per heavy atom. The zero-order valence-electron chi connectivity index (χ0n) is 20.9. The number of nitrogens with two attached hydrogens (primary N) is 1. The lowest BCUT2D eigenvalue weighted by Crippen LogP contribution is -2.39. The molecule has 0 spiro atoms. The molecule has 8 nitrogen and oxygen atoms in total. The minimum absolute atomic E-state index is 0.0915. The number of benzene rings is 2. The summed E-state index contributed by atoms with van der Waals surface area (Å²) in [5.74, 6) is 3.21. The number of rotatable bonds is 9. The third-order valence-electron chi connectivity index (χ3n) is 6.21. The van der Waals surface area contributed by atoms with Gasteiger partial charge in [0, 0.05) is 32.3 Å². The van der Waals surface area contributed by atoms with Gasteiger partial charge in [-0.3, -0.25) is 4.79 Å². The van der Waals surface area contributed by atoms with Crippen molar-refractivity contribution in [2.24, 2.45) is 5.92 Å². The van der Waals surface area contributed by atoms with Crippen LogP contribution in [0.25, 0.3) is 11.1 Å². The minimum Gasteiger partial charge on any atom is -0.457 e. The smallest absolute Gasteiger partial charge is 0.246 e. The van der Waals surface area contributed by atoms with Gasteiger partial charge in [-0.05, 0) is 62.7 Å². The van der Waals surface area contributed by atoms with Crippen molar-refractivity contribution >= 4 is 17.5 Å². The van der Waals surface area contributed by atoms with Crippen LogP contribution < -0.4 is 15.8 Å². The van der Waals surface area contributed by atoms with Gasteiger partial charge in [-0.15, -0.1) is 0 Å². The fourth-order valence-corrected chi connectivity index (χ4v) is 4.20. The van der Waals surface area contributed by atoms with E-state index in [2.05, 4.69) is 15.3 Å². The van der Waals surface area contributed by atoms with Crippen molar-refractivity contribution in [3.8, 4) is 22.6 Å². The molecule has 2 heterocycles. The largest absolute Gasteiger partial charge is 0.457 e. The fraction of sp³-hybridized carbons (Fsp3) is 0.321. The number of hydrogen-bond donors (Lipinski definition) is 2. The molecule has 0 saturated carbocycles. The molecule has 2 aromatic carbocycles. The molecule has 1 fully saturated rings. The molecule has 188 valence electrons. The van der Waals surface area contributed by atoms with Crippen molar-refractivity contribution in [1.82, 2.24) is 19.8 Å². The van der Waals surface area contributed by atoms with Crippen LogP contribution in [0.4, 0.5) is 11.6 Å². The van der Waals surface area contributed by atoms with Crippen molar-refractivity contribution in [2.75, 3.05) is 51.3 Å². The van der Waals surface area contributed by atoms with E-state index in [0.717, 1.165) is 61.6 Å². The third kappa shape index (κ3) is 6.82. The number of hydrogen-bond acceptors (Lipinski definition) is 7. The Hall–Kier alpha value is -3.91. The highest BCUT2D eigenvalue weighted by atomic mass is 16.5. The van der Waals surface area contributed by atoms with E-state index in [0.29, 0.717) is 17.6 Å². The predicted molar refractivity (Wildman–Crippen MR) is 144 cm³/mol. The third-order valence-corrected chi connectivity index (χ3v) is 6.21. The van der Waals surface area contributed by atoms with Gasteiger partial charge in [0.2, 0.25) is 5.91 Å². The number of ether oxygens (including phenoxy) is 1. The lowest BCUT2D eigenvalue weighted by atomic mass is 9.96. The number of likely N-dealkylation sites (tertiary alicyclic amines) is 1. The van der Waals surface area contributed by atoms with E-state index in [4.69, 9.17) is 10.5 Å². The molecule has 0 aliphatic carbocycles. The maximum Gasteiger partial charge on any atom is 0.246 e. The molecule has 1 aliphatic heterocycles. The number of carbonyl (C=O) groups is 1. The Kier molecular flexibility index (Phi) is 8.52. The molecule has 1 aliphatic rings. The molecule has 1 aromatic heterocycles. The summed E-state index contributed by atoms with van der Waals surface area (Å²) in [6.07, 6.45) is 6.97. The summed E-state index contributed by atoms with van der Waals surface area (Å²) in [6.45, 7) is 3.05. The van der Waals surface area contributed by atoms with Crippen LogP contribution in [0.5, 0.6) is 11.5 Å². The zero-order valence-corrected chi connectivity index (χ0v) is 20.9. The normalized spacial score (nSPS) is 14.4. The van der Waals surface area contributed by atoms with E-state index in [1.54, 1.807) is 6.08 Å². The van der Waals surface area contributed by atoms with E-state index >= 15 is 0 Å². The van der Waals surface area contributed by atoms with Crippen LogP contribution in [0.3, 0.4) is 0 Å². The van der Waals surface area contributed by atoms with Crippen molar-refractivity contribution in [2.45, 2.75) is 12.8 Å². The van der Waals surface area contributed by atoms with E-state index in [-0.39, 0.29) is 5.91 Å². The second-order valence-electron chi connectivity index (χ2n) is 9.24. The molecule has 0 bridgehead atoms. The van der Waals surface area contributed by atoms with Gasteiger partial charge in [-0.2, -0.15) is 0 Å². The average molecular weight is 487 g/mol. The van der Waals surface area contributed by atoms with E-state index < -0.39 is 0 Å². The molecule has 1 saturated heterocycles. The summed E-state index contributed by atoms with van der Waals surface area (Å²) in [7, 11) is 3.97. The SMILES string of the molecule is CN(C)CC=CC(=O)N1CCC(CNc2ncnc(N)c2-c2ccc(Oc3ccccc3)cc2)CC1. The monoisotopic (exact) mass is 486 g/mol.